The molecule has 0 spiro atoms. The third-order valence-corrected chi connectivity index (χ3v) is 4.32. The summed E-state index contributed by atoms with van der Waals surface area (Å²) in [5.41, 5.74) is 1.15. The highest BCUT2D eigenvalue weighted by atomic mass is 19.1. The number of carbonyl (C=O) groups is 1. The largest absolute Gasteiger partial charge is 0.352 e. The smallest absolute Gasteiger partial charge is 0.257 e. The van der Waals surface area contributed by atoms with Gasteiger partial charge < -0.3 is 10.6 Å². The van der Waals surface area contributed by atoms with E-state index in [1.54, 1.807) is 20.2 Å². The van der Waals surface area contributed by atoms with Gasteiger partial charge in [-0.15, -0.1) is 5.10 Å². The zero-order valence-corrected chi connectivity index (χ0v) is 15.6. The molecule has 0 fully saturated rings. The standard InChI is InChI=1S/C19H17F2N7O/c1-3-22-18(29)16-13(20)7-10(8-14(16)21)17-25-19(28(2)27-17)24-12-4-5-15-11(6-12)9-23-26-15/h4-9H,3H2,1-2H3,(H,22,29)(H,23,26)(H,24,25,27). The Hall–Kier alpha value is -3.82. The summed E-state index contributed by atoms with van der Waals surface area (Å²) in [6.07, 6.45) is 1.70. The maximum atomic E-state index is 14.4. The number of H-pyrrole nitrogens is 1. The van der Waals surface area contributed by atoms with E-state index in [-0.39, 0.29) is 17.9 Å². The van der Waals surface area contributed by atoms with Gasteiger partial charge in [0.2, 0.25) is 5.95 Å². The minimum absolute atomic E-state index is 0.125. The first kappa shape index (κ1) is 18.5. The minimum Gasteiger partial charge on any atom is -0.352 e. The van der Waals surface area contributed by atoms with Gasteiger partial charge in [-0.05, 0) is 37.3 Å². The van der Waals surface area contributed by atoms with Crippen molar-refractivity contribution in [3.8, 4) is 11.4 Å². The van der Waals surface area contributed by atoms with Gasteiger partial charge in [-0.1, -0.05) is 0 Å². The fourth-order valence-electron chi connectivity index (χ4n) is 2.93. The molecular weight excluding hydrogens is 380 g/mol. The van der Waals surface area contributed by atoms with Crippen LogP contribution in [0.5, 0.6) is 0 Å². The normalized spacial score (nSPS) is 11.0. The molecule has 4 rings (SSSR count). The summed E-state index contributed by atoms with van der Waals surface area (Å²) in [5.74, 6) is -2.24. The number of halogens is 2. The first-order chi connectivity index (χ1) is 14.0. The summed E-state index contributed by atoms with van der Waals surface area (Å²) in [5, 5.41) is 17.5. The Kier molecular flexibility index (Phi) is 4.67. The third kappa shape index (κ3) is 3.51. The van der Waals surface area contributed by atoms with E-state index in [9.17, 15) is 13.6 Å². The Morgan fingerprint density at radius 2 is 1.97 bits per heavy atom. The van der Waals surface area contributed by atoms with Crippen LogP contribution in [0.2, 0.25) is 0 Å². The fraction of sp³-hybridized carbons (Fsp3) is 0.158. The van der Waals surface area contributed by atoms with Crippen molar-refractivity contribution >= 4 is 28.4 Å². The van der Waals surface area contributed by atoms with Crippen LogP contribution in [0.15, 0.2) is 36.5 Å². The number of hydrogen-bond acceptors (Lipinski definition) is 5. The van der Waals surface area contributed by atoms with Crippen molar-refractivity contribution in [3.05, 3.63) is 53.7 Å². The highest BCUT2D eigenvalue weighted by Crippen LogP contribution is 2.25. The summed E-state index contributed by atoms with van der Waals surface area (Å²) >= 11 is 0. The molecule has 29 heavy (non-hydrogen) atoms. The maximum Gasteiger partial charge on any atom is 0.257 e. The Balaban J connectivity index is 1.64. The molecular formula is C19H17F2N7O. The Labute approximate surface area is 164 Å². The van der Waals surface area contributed by atoms with Crippen LogP contribution < -0.4 is 10.6 Å². The van der Waals surface area contributed by atoms with E-state index in [1.807, 2.05) is 18.2 Å². The van der Waals surface area contributed by atoms with E-state index >= 15 is 0 Å². The monoisotopic (exact) mass is 397 g/mol. The highest BCUT2D eigenvalue weighted by molar-refractivity contribution is 5.95. The summed E-state index contributed by atoms with van der Waals surface area (Å²) in [7, 11) is 1.66. The molecule has 2 heterocycles. The predicted molar refractivity (Wildman–Crippen MR) is 104 cm³/mol. The molecule has 0 bridgehead atoms. The number of carbonyl (C=O) groups excluding carboxylic acids is 1. The van der Waals surface area contributed by atoms with Gasteiger partial charge in [-0.25, -0.2) is 13.5 Å². The minimum atomic E-state index is -0.974. The van der Waals surface area contributed by atoms with Crippen molar-refractivity contribution in [2.24, 2.45) is 7.05 Å². The van der Waals surface area contributed by atoms with Crippen LogP contribution in [0, 0.1) is 11.6 Å². The molecule has 4 aromatic rings. The van der Waals surface area contributed by atoms with Crippen LogP contribution in [0.3, 0.4) is 0 Å². The summed E-state index contributed by atoms with van der Waals surface area (Å²) in [4.78, 5) is 16.1. The van der Waals surface area contributed by atoms with Gasteiger partial charge in [0.05, 0.1) is 11.7 Å². The second-order valence-electron chi connectivity index (χ2n) is 6.35. The number of aromatic nitrogens is 5. The number of nitrogens with zero attached hydrogens (tertiary/aromatic N) is 4. The van der Waals surface area contributed by atoms with Crippen molar-refractivity contribution in [3.63, 3.8) is 0 Å². The summed E-state index contributed by atoms with van der Waals surface area (Å²) in [6, 6.07) is 7.68. The van der Waals surface area contributed by atoms with Gasteiger partial charge in [0, 0.05) is 30.2 Å². The maximum absolute atomic E-state index is 14.4. The summed E-state index contributed by atoms with van der Waals surface area (Å²) in [6.45, 7) is 1.93. The molecule has 0 saturated heterocycles. The van der Waals surface area contributed by atoms with Crippen molar-refractivity contribution < 1.29 is 13.6 Å². The molecule has 0 aliphatic heterocycles. The summed E-state index contributed by atoms with van der Waals surface area (Å²) < 4.78 is 30.2. The van der Waals surface area contributed by atoms with Crippen molar-refractivity contribution in [1.82, 2.24) is 30.3 Å². The average Bonchev–Trinajstić information content (AvgIpc) is 3.28. The molecule has 2 aromatic heterocycles. The predicted octanol–water partition coefficient (Wildman–Crippen LogP) is 3.13. The first-order valence-corrected chi connectivity index (χ1v) is 8.85. The Morgan fingerprint density at radius 3 is 2.69 bits per heavy atom. The molecule has 0 unspecified atom stereocenters. The van der Waals surface area contributed by atoms with Crippen molar-refractivity contribution in [2.75, 3.05) is 11.9 Å². The van der Waals surface area contributed by atoms with Crippen LogP contribution in [-0.2, 0) is 7.05 Å². The highest BCUT2D eigenvalue weighted by Gasteiger charge is 2.20. The number of fused-ring (bicyclic) bond motifs is 1. The van der Waals surface area contributed by atoms with E-state index in [2.05, 4.69) is 30.9 Å². The van der Waals surface area contributed by atoms with Gasteiger partial charge in [0.15, 0.2) is 5.82 Å². The average molecular weight is 397 g/mol. The van der Waals surface area contributed by atoms with E-state index in [1.165, 1.54) is 4.68 Å². The van der Waals surface area contributed by atoms with Crippen LogP contribution in [0.25, 0.3) is 22.3 Å². The van der Waals surface area contributed by atoms with Gasteiger partial charge in [0.25, 0.3) is 5.91 Å². The topological polar surface area (TPSA) is 101 Å². The molecule has 0 aliphatic rings. The van der Waals surface area contributed by atoms with Gasteiger partial charge in [-0.2, -0.15) is 10.1 Å². The molecule has 0 saturated carbocycles. The number of hydrogen-bond donors (Lipinski definition) is 3. The molecule has 8 nitrogen and oxygen atoms in total. The van der Waals surface area contributed by atoms with Gasteiger partial charge >= 0.3 is 0 Å². The first-order valence-electron chi connectivity index (χ1n) is 8.85. The Morgan fingerprint density at radius 1 is 1.21 bits per heavy atom. The van der Waals surface area contributed by atoms with Crippen molar-refractivity contribution in [1.29, 1.82) is 0 Å². The number of anilines is 2. The lowest BCUT2D eigenvalue weighted by Crippen LogP contribution is -2.25. The zero-order chi connectivity index (χ0) is 20.5. The van der Waals surface area contributed by atoms with E-state index in [4.69, 9.17) is 0 Å². The number of amides is 1. The van der Waals surface area contributed by atoms with Gasteiger partial charge in [-0.3, -0.25) is 9.89 Å². The number of aromatic amines is 1. The molecule has 1 amide bonds. The number of benzene rings is 2. The van der Waals surface area contributed by atoms with Crippen LogP contribution in [0.4, 0.5) is 20.4 Å². The second kappa shape index (κ2) is 7.30. The van der Waals surface area contributed by atoms with E-state index in [0.717, 1.165) is 28.7 Å². The molecule has 2 aromatic carbocycles. The molecule has 148 valence electrons. The van der Waals surface area contributed by atoms with Crippen LogP contribution in [-0.4, -0.2) is 37.4 Å². The van der Waals surface area contributed by atoms with Crippen LogP contribution >= 0.6 is 0 Å². The van der Waals surface area contributed by atoms with E-state index in [0.29, 0.717) is 5.95 Å². The molecule has 3 N–H and O–H groups in total. The van der Waals surface area contributed by atoms with Crippen LogP contribution in [0.1, 0.15) is 17.3 Å². The molecule has 0 radical (unpaired) electrons. The third-order valence-electron chi connectivity index (χ3n) is 4.32. The lowest BCUT2D eigenvalue weighted by atomic mass is 10.1. The van der Waals surface area contributed by atoms with Crippen molar-refractivity contribution in [2.45, 2.75) is 6.92 Å². The zero-order valence-electron chi connectivity index (χ0n) is 15.6. The molecule has 0 aliphatic carbocycles. The lowest BCUT2D eigenvalue weighted by molar-refractivity contribution is 0.0947. The SMILES string of the molecule is CCNC(=O)c1c(F)cc(-c2nc(Nc3ccc4[nH]ncc4c3)n(C)n2)cc1F. The molecule has 0 atom stereocenters. The second-order valence-corrected chi connectivity index (χ2v) is 6.35. The Bertz CT molecular complexity index is 1190. The molecule has 10 heteroatoms. The fourth-order valence-corrected chi connectivity index (χ4v) is 2.93. The van der Waals surface area contributed by atoms with Gasteiger partial charge in [0.1, 0.15) is 17.2 Å². The van der Waals surface area contributed by atoms with E-state index < -0.39 is 23.1 Å². The number of rotatable bonds is 5. The quantitative estimate of drug-likeness (QED) is 0.480. The lowest BCUT2D eigenvalue weighted by Gasteiger charge is -2.06. The number of nitrogens with one attached hydrogen (secondary N) is 3. The number of aryl methyl sites for hydroxylation is 1.